The topological polar surface area (TPSA) is 58.6 Å². The van der Waals surface area contributed by atoms with Crippen LogP contribution < -0.4 is 10.1 Å². The molecule has 2 amide bonds. The fourth-order valence-corrected chi connectivity index (χ4v) is 3.28. The van der Waals surface area contributed by atoms with Gasteiger partial charge in [-0.1, -0.05) is 30.3 Å². The van der Waals surface area contributed by atoms with Crippen LogP contribution in [-0.2, 0) is 9.59 Å². The van der Waals surface area contributed by atoms with Crippen LogP contribution in [-0.4, -0.2) is 36.4 Å². The highest BCUT2D eigenvalue weighted by Crippen LogP contribution is 2.21. The van der Waals surface area contributed by atoms with E-state index in [1.807, 2.05) is 62.4 Å². The van der Waals surface area contributed by atoms with Gasteiger partial charge >= 0.3 is 0 Å². The van der Waals surface area contributed by atoms with E-state index in [4.69, 9.17) is 4.74 Å². The number of piperidine rings is 1. The number of amides is 2. The van der Waals surface area contributed by atoms with Gasteiger partial charge in [-0.2, -0.15) is 0 Å². The van der Waals surface area contributed by atoms with Crippen LogP contribution in [0.2, 0.25) is 0 Å². The summed E-state index contributed by atoms with van der Waals surface area (Å²) in [7, 11) is 0. The van der Waals surface area contributed by atoms with E-state index in [-0.39, 0.29) is 24.3 Å². The molecule has 5 nitrogen and oxygen atoms in total. The summed E-state index contributed by atoms with van der Waals surface area (Å²) in [5, 5.41) is 2.93. The number of likely N-dealkylation sites (tertiary alicyclic amines) is 1. The van der Waals surface area contributed by atoms with Crippen molar-refractivity contribution in [3.05, 3.63) is 59.7 Å². The van der Waals surface area contributed by atoms with Gasteiger partial charge < -0.3 is 15.0 Å². The predicted octanol–water partition coefficient (Wildman–Crippen LogP) is 3.56. The molecule has 1 aliphatic heterocycles. The molecule has 3 rings (SSSR count). The molecule has 1 heterocycles. The fraction of sp³-hybridized carbons (Fsp3) is 0.364. The minimum Gasteiger partial charge on any atom is -0.483 e. The number of carbonyl (C=O) groups is 2. The maximum Gasteiger partial charge on any atom is 0.260 e. The van der Waals surface area contributed by atoms with Crippen LogP contribution in [0.4, 0.5) is 5.69 Å². The number of anilines is 1. The van der Waals surface area contributed by atoms with Gasteiger partial charge in [0.15, 0.2) is 6.61 Å². The molecule has 0 saturated carbocycles. The molecule has 0 bridgehead atoms. The average molecular weight is 366 g/mol. The van der Waals surface area contributed by atoms with Gasteiger partial charge in [0.2, 0.25) is 5.91 Å². The van der Waals surface area contributed by atoms with Gasteiger partial charge in [0.05, 0.1) is 5.92 Å². The van der Waals surface area contributed by atoms with Crippen LogP contribution in [0.15, 0.2) is 48.5 Å². The first kappa shape index (κ1) is 19.0. The lowest BCUT2D eigenvalue weighted by Gasteiger charge is -2.32. The minimum atomic E-state index is -0.191. The standard InChI is InChI=1S/C22H26N2O3/c1-16-10-11-17(2)20(13-16)27-15-21(25)24-12-6-7-18(14-24)22(26)23-19-8-4-3-5-9-19/h3-5,8-11,13,18H,6-7,12,14-15H2,1-2H3,(H,23,26). The van der Waals surface area contributed by atoms with Crippen LogP contribution in [0, 0.1) is 19.8 Å². The van der Waals surface area contributed by atoms with Crippen LogP contribution >= 0.6 is 0 Å². The Hall–Kier alpha value is -2.82. The lowest BCUT2D eigenvalue weighted by molar-refractivity contribution is -0.136. The third-order valence-electron chi connectivity index (χ3n) is 4.88. The maximum absolute atomic E-state index is 12.6. The zero-order chi connectivity index (χ0) is 19.2. The van der Waals surface area contributed by atoms with Crippen molar-refractivity contribution in [1.29, 1.82) is 0 Å². The van der Waals surface area contributed by atoms with Gasteiger partial charge in [0.25, 0.3) is 5.91 Å². The molecule has 2 aromatic carbocycles. The summed E-state index contributed by atoms with van der Waals surface area (Å²) in [4.78, 5) is 26.8. The van der Waals surface area contributed by atoms with Gasteiger partial charge in [0.1, 0.15) is 5.75 Å². The number of para-hydroxylation sites is 1. The Balaban J connectivity index is 1.54. The van der Waals surface area contributed by atoms with Crippen molar-refractivity contribution in [1.82, 2.24) is 4.90 Å². The van der Waals surface area contributed by atoms with Crippen molar-refractivity contribution in [2.24, 2.45) is 5.92 Å². The normalized spacial score (nSPS) is 16.7. The first-order valence-corrected chi connectivity index (χ1v) is 9.36. The third-order valence-corrected chi connectivity index (χ3v) is 4.88. The van der Waals surface area contributed by atoms with Crippen LogP contribution in [0.1, 0.15) is 24.0 Å². The molecule has 5 heteroatoms. The first-order chi connectivity index (χ1) is 13.0. The van der Waals surface area contributed by atoms with Crippen LogP contribution in [0.3, 0.4) is 0 Å². The van der Waals surface area contributed by atoms with Crippen molar-refractivity contribution in [2.45, 2.75) is 26.7 Å². The van der Waals surface area contributed by atoms with Gasteiger partial charge in [0, 0.05) is 18.8 Å². The molecule has 2 aromatic rings. The number of hydrogen-bond donors (Lipinski definition) is 1. The van der Waals surface area contributed by atoms with Crippen LogP contribution in [0.25, 0.3) is 0 Å². The van der Waals surface area contributed by atoms with Gasteiger partial charge in [-0.15, -0.1) is 0 Å². The van der Waals surface area contributed by atoms with E-state index >= 15 is 0 Å². The van der Waals surface area contributed by atoms with Crippen LogP contribution in [0.5, 0.6) is 5.75 Å². The summed E-state index contributed by atoms with van der Waals surface area (Å²) in [6.45, 7) is 5.06. The minimum absolute atomic E-state index is 0.00266. The van der Waals surface area contributed by atoms with Gasteiger partial charge in [-0.3, -0.25) is 9.59 Å². The molecule has 0 aromatic heterocycles. The number of aryl methyl sites for hydroxylation is 2. The van der Waals surface area contributed by atoms with E-state index in [1.54, 1.807) is 4.90 Å². The second-order valence-corrected chi connectivity index (χ2v) is 7.09. The molecule has 27 heavy (non-hydrogen) atoms. The van der Waals surface area contributed by atoms with Gasteiger partial charge in [-0.05, 0) is 56.0 Å². The fourth-order valence-electron chi connectivity index (χ4n) is 3.28. The van der Waals surface area contributed by atoms with E-state index in [0.29, 0.717) is 13.1 Å². The van der Waals surface area contributed by atoms with E-state index in [2.05, 4.69) is 5.32 Å². The number of nitrogens with one attached hydrogen (secondary N) is 1. The maximum atomic E-state index is 12.6. The molecular formula is C22H26N2O3. The smallest absolute Gasteiger partial charge is 0.260 e. The molecule has 0 spiro atoms. The Labute approximate surface area is 160 Å². The highest BCUT2D eigenvalue weighted by atomic mass is 16.5. The Morgan fingerprint density at radius 2 is 1.93 bits per heavy atom. The second-order valence-electron chi connectivity index (χ2n) is 7.09. The lowest BCUT2D eigenvalue weighted by Crippen LogP contribution is -2.45. The molecule has 1 unspecified atom stereocenters. The Morgan fingerprint density at radius 1 is 1.15 bits per heavy atom. The van der Waals surface area contributed by atoms with E-state index in [0.717, 1.165) is 35.4 Å². The monoisotopic (exact) mass is 366 g/mol. The Bertz CT molecular complexity index is 804. The Kier molecular flexibility index (Phi) is 6.12. The van der Waals surface area contributed by atoms with Gasteiger partial charge in [-0.25, -0.2) is 0 Å². The zero-order valence-electron chi connectivity index (χ0n) is 15.9. The largest absolute Gasteiger partial charge is 0.483 e. The molecular weight excluding hydrogens is 340 g/mol. The third kappa shape index (κ3) is 5.09. The molecule has 1 atom stereocenters. The van der Waals surface area contributed by atoms with Crippen molar-refractivity contribution in [3.8, 4) is 5.75 Å². The highest BCUT2D eigenvalue weighted by molar-refractivity contribution is 5.93. The molecule has 1 aliphatic rings. The second kappa shape index (κ2) is 8.71. The summed E-state index contributed by atoms with van der Waals surface area (Å²) in [6.07, 6.45) is 1.61. The average Bonchev–Trinajstić information content (AvgIpc) is 2.69. The summed E-state index contributed by atoms with van der Waals surface area (Å²) in [5.74, 6) is 0.435. The number of rotatable bonds is 5. The number of carbonyl (C=O) groups excluding carboxylic acids is 2. The van der Waals surface area contributed by atoms with Crippen molar-refractivity contribution in [2.75, 3.05) is 25.0 Å². The summed E-state index contributed by atoms with van der Waals surface area (Å²) >= 11 is 0. The van der Waals surface area contributed by atoms with E-state index in [1.165, 1.54) is 0 Å². The molecule has 0 aliphatic carbocycles. The number of hydrogen-bond acceptors (Lipinski definition) is 3. The molecule has 1 saturated heterocycles. The van der Waals surface area contributed by atoms with E-state index in [9.17, 15) is 9.59 Å². The highest BCUT2D eigenvalue weighted by Gasteiger charge is 2.28. The lowest BCUT2D eigenvalue weighted by atomic mass is 9.97. The van der Waals surface area contributed by atoms with Crippen molar-refractivity contribution in [3.63, 3.8) is 0 Å². The number of ether oxygens (including phenoxy) is 1. The van der Waals surface area contributed by atoms with E-state index < -0.39 is 0 Å². The molecule has 0 radical (unpaired) electrons. The number of nitrogens with zero attached hydrogens (tertiary/aromatic N) is 1. The molecule has 1 N–H and O–H groups in total. The first-order valence-electron chi connectivity index (χ1n) is 9.36. The summed E-state index contributed by atoms with van der Waals surface area (Å²) in [5.41, 5.74) is 2.88. The number of benzene rings is 2. The molecule has 1 fully saturated rings. The Morgan fingerprint density at radius 3 is 2.70 bits per heavy atom. The predicted molar refractivity (Wildman–Crippen MR) is 106 cm³/mol. The zero-order valence-corrected chi connectivity index (χ0v) is 15.9. The summed E-state index contributed by atoms with van der Waals surface area (Å²) < 4.78 is 5.73. The molecule has 142 valence electrons. The van der Waals surface area contributed by atoms with Crippen molar-refractivity contribution < 1.29 is 14.3 Å². The SMILES string of the molecule is Cc1ccc(C)c(OCC(=O)N2CCCC(C(=O)Nc3ccccc3)C2)c1. The summed E-state index contributed by atoms with van der Waals surface area (Å²) in [6, 6.07) is 15.4. The van der Waals surface area contributed by atoms with Crippen molar-refractivity contribution >= 4 is 17.5 Å². The quantitative estimate of drug-likeness (QED) is 0.880.